The molecule has 0 radical (unpaired) electrons. The molecule has 1 aliphatic heterocycles. The highest BCUT2D eigenvalue weighted by molar-refractivity contribution is 7.91. The van der Waals surface area contributed by atoms with E-state index < -0.39 is 15.7 Å². The monoisotopic (exact) mass is 394 g/mol. The van der Waals surface area contributed by atoms with Gasteiger partial charge in [0.2, 0.25) is 0 Å². The maximum absolute atomic E-state index is 12.8. The molecule has 26 heavy (non-hydrogen) atoms. The first-order chi connectivity index (χ1) is 12.4. The summed E-state index contributed by atoms with van der Waals surface area (Å²) in [5, 5.41) is 6.09. The lowest BCUT2D eigenvalue weighted by Gasteiger charge is -2.13. The van der Waals surface area contributed by atoms with Crippen LogP contribution in [0.15, 0.2) is 22.8 Å². The van der Waals surface area contributed by atoms with Crippen molar-refractivity contribution in [2.45, 2.75) is 31.7 Å². The summed E-state index contributed by atoms with van der Waals surface area (Å²) in [6.45, 7) is 0. The van der Waals surface area contributed by atoms with Gasteiger partial charge in [0.25, 0.3) is 11.8 Å². The lowest BCUT2D eigenvalue weighted by molar-refractivity contribution is 0.0941. The highest BCUT2D eigenvalue weighted by Gasteiger charge is 2.32. The first kappa shape index (κ1) is 17.3. The quantitative estimate of drug-likeness (QED) is 0.825. The molecule has 1 saturated heterocycles. The van der Waals surface area contributed by atoms with Gasteiger partial charge in [0.1, 0.15) is 5.00 Å². The SMILES string of the molecule is O=C(Nc1sc2c(c1C(=O)NC1CCS(=O)(=O)C1)CCC2)c1ccco1. The molecule has 3 heterocycles. The summed E-state index contributed by atoms with van der Waals surface area (Å²) in [4.78, 5) is 26.2. The maximum atomic E-state index is 12.8. The Morgan fingerprint density at radius 1 is 1.23 bits per heavy atom. The fourth-order valence-corrected chi connectivity index (χ4v) is 6.43. The van der Waals surface area contributed by atoms with Crippen molar-refractivity contribution in [3.8, 4) is 0 Å². The summed E-state index contributed by atoms with van der Waals surface area (Å²) in [5.41, 5.74) is 1.43. The Bertz CT molecular complexity index is 960. The number of amides is 2. The molecule has 1 fully saturated rings. The second kappa shape index (κ2) is 6.55. The van der Waals surface area contributed by atoms with Crippen molar-refractivity contribution in [1.29, 1.82) is 0 Å². The number of nitrogens with one attached hydrogen (secondary N) is 2. The Balaban J connectivity index is 1.58. The van der Waals surface area contributed by atoms with Crippen molar-refractivity contribution in [1.82, 2.24) is 5.32 Å². The van der Waals surface area contributed by atoms with E-state index in [0.29, 0.717) is 17.0 Å². The highest BCUT2D eigenvalue weighted by Crippen LogP contribution is 2.39. The molecule has 0 spiro atoms. The molecule has 2 aliphatic rings. The number of thiophene rings is 1. The predicted octanol–water partition coefficient (Wildman–Crippen LogP) is 2.00. The number of carbonyl (C=O) groups is 2. The average molecular weight is 394 g/mol. The molecule has 138 valence electrons. The number of sulfone groups is 1. The van der Waals surface area contributed by atoms with E-state index in [1.165, 1.54) is 17.6 Å². The van der Waals surface area contributed by atoms with E-state index in [4.69, 9.17) is 4.42 Å². The largest absolute Gasteiger partial charge is 0.459 e. The predicted molar refractivity (Wildman–Crippen MR) is 97.5 cm³/mol. The van der Waals surface area contributed by atoms with Gasteiger partial charge in [-0.05, 0) is 43.4 Å². The molecular weight excluding hydrogens is 376 g/mol. The van der Waals surface area contributed by atoms with E-state index in [-0.39, 0.29) is 29.2 Å². The van der Waals surface area contributed by atoms with E-state index in [9.17, 15) is 18.0 Å². The molecule has 0 bridgehead atoms. The molecule has 4 rings (SSSR count). The number of hydrogen-bond acceptors (Lipinski definition) is 6. The van der Waals surface area contributed by atoms with Crippen molar-refractivity contribution in [3.05, 3.63) is 40.2 Å². The van der Waals surface area contributed by atoms with Crippen LogP contribution in [0, 0.1) is 0 Å². The number of anilines is 1. The van der Waals surface area contributed by atoms with E-state index >= 15 is 0 Å². The van der Waals surface area contributed by atoms with Crippen LogP contribution >= 0.6 is 11.3 Å². The summed E-state index contributed by atoms with van der Waals surface area (Å²) in [5.74, 6) is -0.485. The van der Waals surface area contributed by atoms with Crippen molar-refractivity contribution in [3.63, 3.8) is 0 Å². The van der Waals surface area contributed by atoms with Crippen LogP contribution in [-0.2, 0) is 22.7 Å². The Morgan fingerprint density at radius 2 is 2.08 bits per heavy atom. The number of rotatable bonds is 4. The number of carbonyl (C=O) groups excluding carboxylic acids is 2. The first-order valence-electron chi connectivity index (χ1n) is 8.43. The molecular formula is C17H18N2O5S2. The standard InChI is InChI=1S/C17H18N2O5S2/c20-15(12-4-2-7-24-12)19-17-14(11-3-1-5-13(11)25-17)16(21)18-10-6-8-26(22,23)9-10/h2,4,7,10H,1,3,5-6,8-9H2,(H,18,21)(H,19,20). The molecule has 0 saturated carbocycles. The number of furan rings is 1. The molecule has 0 aromatic carbocycles. The summed E-state index contributed by atoms with van der Waals surface area (Å²) in [6, 6.07) is 2.80. The van der Waals surface area contributed by atoms with Gasteiger partial charge in [0.15, 0.2) is 15.6 Å². The zero-order valence-corrected chi connectivity index (χ0v) is 15.5. The van der Waals surface area contributed by atoms with Gasteiger partial charge in [0.05, 0.1) is 23.3 Å². The van der Waals surface area contributed by atoms with Crippen molar-refractivity contribution in [2.24, 2.45) is 0 Å². The molecule has 1 unspecified atom stereocenters. The summed E-state index contributed by atoms with van der Waals surface area (Å²) in [6.07, 6.45) is 4.49. The zero-order valence-electron chi connectivity index (χ0n) is 13.9. The molecule has 7 nitrogen and oxygen atoms in total. The minimum absolute atomic E-state index is 0.0286. The van der Waals surface area contributed by atoms with Crippen LogP contribution in [0.2, 0.25) is 0 Å². The molecule has 1 aliphatic carbocycles. The Labute approximate surface area is 154 Å². The van der Waals surface area contributed by atoms with Crippen LogP contribution in [0.4, 0.5) is 5.00 Å². The number of hydrogen-bond donors (Lipinski definition) is 2. The van der Waals surface area contributed by atoms with E-state index in [2.05, 4.69) is 10.6 Å². The molecule has 2 aromatic heterocycles. The Morgan fingerprint density at radius 3 is 2.77 bits per heavy atom. The van der Waals surface area contributed by atoms with Gasteiger partial charge in [-0.15, -0.1) is 11.3 Å². The minimum atomic E-state index is -3.07. The van der Waals surface area contributed by atoms with Gasteiger partial charge in [0, 0.05) is 10.9 Å². The third-order valence-corrected chi connectivity index (χ3v) is 7.66. The summed E-state index contributed by atoms with van der Waals surface area (Å²) < 4.78 is 28.3. The fourth-order valence-electron chi connectivity index (χ4n) is 3.47. The highest BCUT2D eigenvalue weighted by atomic mass is 32.2. The maximum Gasteiger partial charge on any atom is 0.291 e. The van der Waals surface area contributed by atoms with Gasteiger partial charge in [-0.2, -0.15) is 0 Å². The minimum Gasteiger partial charge on any atom is -0.459 e. The Kier molecular flexibility index (Phi) is 4.36. The second-order valence-electron chi connectivity index (χ2n) is 6.57. The lowest BCUT2D eigenvalue weighted by atomic mass is 10.1. The third kappa shape index (κ3) is 3.28. The van der Waals surface area contributed by atoms with Crippen molar-refractivity contribution < 1.29 is 22.4 Å². The molecule has 2 amide bonds. The summed E-state index contributed by atoms with van der Waals surface area (Å²) in [7, 11) is -3.07. The fraction of sp³-hybridized carbons (Fsp3) is 0.412. The van der Waals surface area contributed by atoms with E-state index in [1.54, 1.807) is 12.1 Å². The first-order valence-corrected chi connectivity index (χ1v) is 11.1. The normalized spacial score (nSPS) is 20.7. The van der Waals surface area contributed by atoms with Gasteiger partial charge in [-0.1, -0.05) is 0 Å². The molecule has 2 aromatic rings. The van der Waals surface area contributed by atoms with Crippen LogP contribution < -0.4 is 10.6 Å². The Hall–Kier alpha value is -2.13. The van der Waals surface area contributed by atoms with Gasteiger partial charge >= 0.3 is 0 Å². The van der Waals surface area contributed by atoms with E-state index in [0.717, 1.165) is 29.7 Å². The lowest BCUT2D eigenvalue weighted by Crippen LogP contribution is -2.36. The summed E-state index contributed by atoms with van der Waals surface area (Å²) >= 11 is 1.41. The smallest absolute Gasteiger partial charge is 0.291 e. The molecule has 2 N–H and O–H groups in total. The topological polar surface area (TPSA) is 105 Å². The van der Waals surface area contributed by atoms with Gasteiger partial charge in [-0.25, -0.2) is 8.42 Å². The van der Waals surface area contributed by atoms with Crippen LogP contribution in [0.5, 0.6) is 0 Å². The molecule has 1 atom stereocenters. The van der Waals surface area contributed by atoms with Crippen molar-refractivity contribution >= 4 is 38.0 Å². The third-order valence-electron chi connectivity index (χ3n) is 4.69. The van der Waals surface area contributed by atoms with Gasteiger partial charge in [-0.3, -0.25) is 9.59 Å². The van der Waals surface area contributed by atoms with Crippen LogP contribution in [0.25, 0.3) is 0 Å². The number of aryl methyl sites for hydroxylation is 1. The second-order valence-corrected chi connectivity index (χ2v) is 9.90. The number of fused-ring (bicyclic) bond motifs is 1. The van der Waals surface area contributed by atoms with Crippen LogP contribution in [0.1, 0.15) is 44.2 Å². The van der Waals surface area contributed by atoms with Crippen LogP contribution in [0.3, 0.4) is 0 Å². The van der Waals surface area contributed by atoms with Gasteiger partial charge < -0.3 is 15.1 Å². The average Bonchev–Trinajstić information content (AvgIpc) is 3.31. The van der Waals surface area contributed by atoms with Crippen LogP contribution in [-0.4, -0.2) is 37.8 Å². The van der Waals surface area contributed by atoms with Crippen molar-refractivity contribution in [2.75, 3.05) is 16.8 Å². The van der Waals surface area contributed by atoms with E-state index in [1.807, 2.05) is 0 Å². The molecule has 9 heteroatoms. The zero-order chi connectivity index (χ0) is 18.3.